The van der Waals surface area contributed by atoms with Crippen LogP contribution in [0.15, 0.2) is 35.5 Å². The molecule has 1 aromatic carbocycles. The Morgan fingerprint density at radius 2 is 2.05 bits per heavy atom. The number of benzene rings is 1. The first-order valence-corrected chi connectivity index (χ1v) is 7.72. The van der Waals surface area contributed by atoms with E-state index < -0.39 is 0 Å². The Morgan fingerprint density at radius 3 is 2.74 bits per heavy atom. The zero-order valence-electron chi connectivity index (χ0n) is 10.8. The van der Waals surface area contributed by atoms with E-state index in [2.05, 4.69) is 17.2 Å². The lowest BCUT2D eigenvalue weighted by atomic mass is 10.3. The van der Waals surface area contributed by atoms with Crippen LogP contribution in [0, 0.1) is 0 Å². The number of para-hydroxylation sites is 1. The minimum Gasteiger partial charge on any atom is -0.330 e. The average Bonchev–Trinajstić information content (AvgIpc) is 3.21. The van der Waals surface area contributed by atoms with Gasteiger partial charge in [0.15, 0.2) is 0 Å². The van der Waals surface area contributed by atoms with Gasteiger partial charge in [0, 0.05) is 11.7 Å². The second kappa shape index (κ2) is 5.75. The normalized spacial score (nSPS) is 14.8. The monoisotopic (exact) mass is 274 g/mol. The van der Waals surface area contributed by atoms with E-state index in [1.807, 2.05) is 22.9 Å². The van der Waals surface area contributed by atoms with Crippen LogP contribution in [0.3, 0.4) is 0 Å². The fraction of sp³-hybridized carbons (Fsp3) is 0.429. The molecule has 2 aromatic rings. The van der Waals surface area contributed by atoms with E-state index in [-0.39, 0.29) is 0 Å². The first-order valence-electron chi connectivity index (χ1n) is 6.73. The maximum Gasteiger partial charge on any atom is 0.209 e. The molecule has 0 aliphatic heterocycles. The molecule has 0 saturated heterocycles. The van der Waals surface area contributed by atoms with Crippen LogP contribution in [0.2, 0.25) is 0 Å². The third-order valence-corrected chi connectivity index (χ3v) is 4.06. The SMILES string of the molecule is NCCCSc1nc(C2CC2)n(-c2ccccc2)n1. The molecule has 0 atom stereocenters. The van der Waals surface area contributed by atoms with E-state index in [1.54, 1.807) is 11.8 Å². The summed E-state index contributed by atoms with van der Waals surface area (Å²) < 4.78 is 2.00. The van der Waals surface area contributed by atoms with Gasteiger partial charge in [0.05, 0.1) is 5.69 Å². The molecule has 1 heterocycles. The Hall–Kier alpha value is -1.33. The largest absolute Gasteiger partial charge is 0.330 e. The molecule has 2 N–H and O–H groups in total. The van der Waals surface area contributed by atoms with E-state index in [4.69, 9.17) is 10.7 Å². The van der Waals surface area contributed by atoms with E-state index in [0.717, 1.165) is 35.4 Å². The molecular formula is C14H18N4S. The number of hydrogen-bond acceptors (Lipinski definition) is 4. The molecule has 100 valence electrons. The predicted octanol–water partition coefficient (Wildman–Crippen LogP) is 2.59. The predicted molar refractivity (Wildman–Crippen MR) is 77.7 cm³/mol. The lowest BCUT2D eigenvalue weighted by molar-refractivity contribution is 0.782. The van der Waals surface area contributed by atoms with Crippen LogP contribution in [-0.4, -0.2) is 27.1 Å². The summed E-state index contributed by atoms with van der Waals surface area (Å²) in [5.41, 5.74) is 6.62. The van der Waals surface area contributed by atoms with Crippen LogP contribution in [0.25, 0.3) is 5.69 Å². The van der Waals surface area contributed by atoms with Gasteiger partial charge < -0.3 is 5.73 Å². The molecule has 0 unspecified atom stereocenters. The van der Waals surface area contributed by atoms with E-state index in [1.165, 1.54) is 12.8 Å². The Kier molecular flexibility index (Phi) is 3.84. The van der Waals surface area contributed by atoms with Gasteiger partial charge in [-0.15, -0.1) is 5.10 Å². The molecule has 0 amide bonds. The van der Waals surface area contributed by atoms with Gasteiger partial charge in [0.1, 0.15) is 5.82 Å². The number of nitrogens with two attached hydrogens (primary N) is 1. The van der Waals surface area contributed by atoms with Crippen molar-refractivity contribution in [2.45, 2.75) is 30.3 Å². The molecule has 1 fully saturated rings. The summed E-state index contributed by atoms with van der Waals surface area (Å²) >= 11 is 1.70. The highest BCUT2D eigenvalue weighted by Gasteiger charge is 2.30. The summed E-state index contributed by atoms with van der Waals surface area (Å²) in [4.78, 5) is 4.69. The molecule has 0 spiro atoms. The Labute approximate surface area is 117 Å². The number of nitrogens with zero attached hydrogens (tertiary/aromatic N) is 3. The minimum absolute atomic E-state index is 0.594. The van der Waals surface area contributed by atoms with Crippen molar-refractivity contribution in [1.29, 1.82) is 0 Å². The van der Waals surface area contributed by atoms with Crippen molar-refractivity contribution in [3.05, 3.63) is 36.2 Å². The molecule has 1 saturated carbocycles. The van der Waals surface area contributed by atoms with Crippen LogP contribution in [0.4, 0.5) is 0 Å². The standard InChI is InChI=1S/C14H18N4S/c15-9-4-10-19-14-16-13(11-7-8-11)18(17-14)12-5-2-1-3-6-12/h1-3,5-6,11H,4,7-10,15H2. The van der Waals surface area contributed by atoms with Crippen LogP contribution in [-0.2, 0) is 0 Å². The smallest absolute Gasteiger partial charge is 0.209 e. The molecule has 1 aliphatic rings. The van der Waals surface area contributed by atoms with E-state index in [9.17, 15) is 0 Å². The highest BCUT2D eigenvalue weighted by Crippen LogP contribution is 2.40. The molecule has 1 aliphatic carbocycles. The van der Waals surface area contributed by atoms with Crippen LogP contribution >= 0.6 is 11.8 Å². The molecule has 3 rings (SSSR count). The summed E-state index contributed by atoms with van der Waals surface area (Å²) in [6.45, 7) is 0.724. The van der Waals surface area contributed by atoms with Gasteiger partial charge in [-0.25, -0.2) is 9.67 Å². The number of rotatable bonds is 6. The fourth-order valence-electron chi connectivity index (χ4n) is 1.98. The van der Waals surface area contributed by atoms with Crippen LogP contribution < -0.4 is 5.73 Å². The van der Waals surface area contributed by atoms with Crippen molar-refractivity contribution in [3.63, 3.8) is 0 Å². The molecular weight excluding hydrogens is 256 g/mol. The number of thioether (sulfide) groups is 1. The number of aromatic nitrogens is 3. The Bertz CT molecular complexity index is 534. The lowest BCUT2D eigenvalue weighted by Crippen LogP contribution is -2.01. The first kappa shape index (κ1) is 12.7. The van der Waals surface area contributed by atoms with Gasteiger partial charge in [-0.2, -0.15) is 0 Å². The molecule has 0 radical (unpaired) electrons. The Balaban J connectivity index is 1.85. The molecule has 19 heavy (non-hydrogen) atoms. The Morgan fingerprint density at radius 1 is 1.26 bits per heavy atom. The summed E-state index contributed by atoms with van der Waals surface area (Å²) in [5.74, 6) is 2.69. The summed E-state index contributed by atoms with van der Waals surface area (Å²) in [6.07, 6.45) is 3.47. The van der Waals surface area contributed by atoms with E-state index in [0.29, 0.717) is 5.92 Å². The topological polar surface area (TPSA) is 56.7 Å². The quantitative estimate of drug-likeness (QED) is 0.650. The van der Waals surface area contributed by atoms with Crippen molar-refractivity contribution in [3.8, 4) is 5.69 Å². The van der Waals surface area contributed by atoms with Gasteiger partial charge in [-0.05, 0) is 37.9 Å². The maximum atomic E-state index is 5.52. The zero-order valence-corrected chi connectivity index (χ0v) is 11.6. The van der Waals surface area contributed by atoms with Crippen molar-refractivity contribution in [1.82, 2.24) is 14.8 Å². The number of hydrogen-bond donors (Lipinski definition) is 1. The van der Waals surface area contributed by atoms with Gasteiger partial charge in [0.2, 0.25) is 5.16 Å². The van der Waals surface area contributed by atoms with Crippen molar-refractivity contribution < 1.29 is 0 Å². The third-order valence-electron chi connectivity index (χ3n) is 3.14. The molecule has 0 bridgehead atoms. The third kappa shape index (κ3) is 2.98. The van der Waals surface area contributed by atoms with Crippen LogP contribution in [0.1, 0.15) is 31.0 Å². The summed E-state index contributed by atoms with van der Waals surface area (Å²) in [5, 5.41) is 5.52. The fourth-order valence-corrected chi connectivity index (χ4v) is 2.77. The maximum absolute atomic E-state index is 5.52. The summed E-state index contributed by atoms with van der Waals surface area (Å²) in [6, 6.07) is 10.3. The van der Waals surface area contributed by atoms with Gasteiger partial charge >= 0.3 is 0 Å². The van der Waals surface area contributed by atoms with Gasteiger partial charge in [0.25, 0.3) is 0 Å². The first-order chi connectivity index (χ1) is 9.38. The lowest BCUT2D eigenvalue weighted by Gasteiger charge is -2.03. The van der Waals surface area contributed by atoms with Gasteiger partial charge in [-0.1, -0.05) is 30.0 Å². The molecule has 5 heteroatoms. The summed E-state index contributed by atoms with van der Waals surface area (Å²) in [7, 11) is 0. The second-order valence-corrected chi connectivity index (χ2v) is 5.83. The average molecular weight is 274 g/mol. The van der Waals surface area contributed by atoms with E-state index >= 15 is 0 Å². The minimum atomic E-state index is 0.594. The molecule has 1 aromatic heterocycles. The highest BCUT2D eigenvalue weighted by molar-refractivity contribution is 7.99. The highest BCUT2D eigenvalue weighted by atomic mass is 32.2. The van der Waals surface area contributed by atoms with Crippen molar-refractivity contribution in [2.24, 2.45) is 5.73 Å². The second-order valence-electron chi connectivity index (χ2n) is 4.76. The van der Waals surface area contributed by atoms with Crippen molar-refractivity contribution in [2.75, 3.05) is 12.3 Å². The molecule has 4 nitrogen and oxygen atoms in total. The van der Waals surface area contributed by atoms with Gasteiger partial charge in [-0.3, -0.25) is 0 Å². The van der Waals surface area contributed by atoms with Crippen molar-refractivity contribution >= 4 is 11.8 Å². The van der Waals surface area contributed by atoms with Crippen LogP contribution in [0.5, 0.6) is 0 Å². The zero-order chi connectivity index (χ0) is 13.1.